The molecule has 0 spiro atoms. The first-order valence-electron chi connectivity index (χ1n) is 2.79. The van der Waals surface area contributed by atoms with Crippen molar-refractivity contribution in [3.63, 3.8) is 0 Å². The van der Waals surface area contributed by atoms with Gasteiger partial charge in [0.1, 0.15) is 0 Å². The molecule has 0 saturated carbocycles. The van der Waals surface area contributed by atoms with Crippen LogP contribution in [0.3, 0.4) is 0 Å². The third-order valence-electron chi connectivity index (χ3n) is 1.48. The van der Waals surface area contributed by atoms with Crippen molar-refractivity contribution in [2.45, 2.75) is 6.92 Å². The Labute approximate surface area is 67.3 Å². The van der Waals surface area contributed by atoms with Crippen LogP contribution in [0.1, 0.15) is 6.92 Å². The van der Waals surface area contributed by atoms with E-state index in [1.54, 1.807) is 0 Å². The van der Waals surface area contributed by atoms with E-state index in [-0.39, 0.29) is 23.0 Å². The van der Waals surface area contributed by atoms with Gasteiger partial charge in [0.25, 0.3) is 0 Å². The first-order chi connectivity index (χ1) is 3.68. The predicted octanol–water partition coefficient (Wildman–Crippen LogP) is -2.58. The van der Waals surface area contributed by atoms with E-state index in [1.165, 1.54) is 0 Å². The van der Waals surface area contributed by atoms with Crippen molar-refractivity contribution in [3.05, 3.63) is 0 Å². The summed E-state index contributed by atoms with van der Waals surface area (Å²) in [5, 5.41) is 0. The fourth-order valence-corrected chi connectivity index (χ4v) is 0.250. The number of hydrogen-bond donors (Lipinski definition) is 3. The Balaban J connectivity index is 0. The van der Waals surface area contributed by atoms with Gasteiger partial charge in [-0.3, -0.25) is 0 Å². The van der Waals surface area contributed by atoms with Gasteiger partial charge in [-0.2, -0.15) is 0 Å². The van der Waals surface area contributed by atoms with Crippen LogP contribution in [-0.2, 0) is 0 Å². The second-order valence-corrected chi connectivity index (χ2v) is 2.42. The van der Waals surface area contributed by atoms with Crippen LogP contribution in [0.2, 0.25) is 0 Å². The van der Waals surface area contributed by atoms with Gasteiger partial charge in [-0.1, -0.05) is 6.92 Å². The molecular weight excluding hydrogens is 175 g/mol. The summed E-state index contributed by atoms with van der Waals surface area (Å²) in [4.78, 5) is 0. The van der Waals surface area contributed by atoms with Crippen molar-refractivity contribution in [2.24, 2.45) is 22.6 Å². The molecule has 0 radical (unpaired) electrons. The number of rotatable bonds is 3. The first kappa shape index (κ1) is 12.1. The van der Waals surface area contributed by atoms with E-state index in [0.717, 1.165) is 0 Å². The molecule has 0 rings (SSSR count). The SMILES string of the molecule is CC(CN)(CN)CN.[GeH4]. The molecule has 0 saturated heterocycles. The van der Waals surface area contributed by atoms with Crippen LogP contribution < -0.4 is 17.2 Å². The zero-order valence-electron chi connectivity index (χ0n) is 5.35. The summed E-state index contributed by atoms with van der Waals surface area (Å²) in [7, 11) is 0. The Morgan fingerprint density at radius 2 is 1.22 bits per heavy atom. The molecule has 0 fully saturated rings. The average Bonchev–Trinajstić information content (AvgIpc) is 1.87. The molecule has 4 heteroatoms. The quantitative estimate of drug-likeness (QED) is 0.431. The average molecular weight is 194 g/mol. The van der Waals surface area contributed by atoms with Crippen molar-refractivity contribution < 1.29 is 0 Å². The van der Waals surface area contributed by atoms with E-state index in [9.17, 15) is 0 Å². The van der Waals surface area contributed by atoms with E-state index < -0.39 is 0 Å². The van der Waals surface area contributed by atoms with Crippen LogP contribution in [0.4, 0.5) is 0 Å². The van der Waals surface area contributed by atoms with Gasteiger partial charge in [0, 0.05) is 25.0 Å². The maximum atomic E-state index is 5.37. The molecule has 0 heterocycles. The van der Waals surface area contributed by atoms with Crippen molar-refractivity contribution >= 4 is 17.6 Å². The van der Waals surface area contributed by atoms with Gasteiger partial charge >= 0.3 is 17.6 Å². The topological polar surface area (TPSA) is 78.1 Å². The maximum absolute atomic E-state index is 5.37. The summed E-state index contributed by atoms with van der Waals surface area (Å²) < 4.78 is 0. The molecule has 58 valence electrons. The Hall–Kier alpha value is 0.423. The van der Waals surface area contributed by atoms with Gasteiger partial charge in [-0.15, -0.1) is 0 Å². The summed E-state index contributed by atoms with van der Waals surface area (Å²) in [6, 6.07) is 0. The summed E-state index contributed by atoms with van der Waals surface area (Å²) in [5.41, 5.74) is 16.1. The summed E-state index contributed by atoms with van der Waals surface area (Å²) in [6.45, 7) is 3.69. The molecule has 6 N–H and O–H groups in total. The third-order valence-corrected chi connectivity index (χ3v) is 1.48. The molecule has 0 aromatic heterocycles. The normalized spacial score (nSPS) is 10.7. The van der Waals surface area contributed by atoms with Gasteiger partial charge in [0.15, 0.2) is 0 Å². The Bertz CT molecular complexity index is 55.0. The summed E-state index contributed by atoms with van der Waals surface area (Å²) in [6.07, 6.45) is 0. The van der Waals surface area contributed by atoms with Crippen molar-refractivity contribution in [2.75, 3.05) is 19.6 Å². The van der Waals surface area contributed by atoms with Gasteiger partial charge in [0.05, 0.1) is 0 Å². The standard InChI is InChI=1S/C5H15N3.GeH4/c1-5(2-6,3-7)4-8;/h2-4,6-8H2,1H3;1H4. The van der Waals surface area contributed by atoms with E-state index in [0.29, 0.717) is 19.6 Å². The molecule has 9 heavy (non-hydrogen) atoms. The molecule has 3 nitrogen and oxygen atoms in total. The summed E-state index contributed by atoms with van der Waals surface area (Å²) >= 11 is 0. The number of nitrogens with two attached hydrogens (primary N) is 3. The van der Waals surface area contributed by atoms with Gasteiger partial charge in [-0.25, -0.2) is 0 Å². The van der Waals surface area contributed by atoms with Crippen LogP contribution in [-0.4, -0.2) is 37.2 Å². The molecule has 0 amide bonds. The van der Waals surface area contributed by atoms with Gasteiger partial charge in [-0.05, 0) is 0 Å². The zero-order chi connectivity index (χ0) is 6.62. The monoisotopic (exact) mass is 195 g/mol. The molecule has 0 atom stereocenters. The molecule has 0 unspecified atom stereocenters. The van der Waals surface area contributed by atoms with Crippen molar-refractivity contribution in [1.29, 1.82) is 0 Å². The van der Waals surface area contributed by atoms with Crippen LogP contribution in [0.5, 0.6) is 0 Å². The Kier molecular flexibility index (Phi) is 7.05. The predicted molar refractivity (Wildman–Crippen MR) is 46.6 cm³/mol. The fraction of sp³-hybridized carbons (Fsp3) is 1.00. The molecule has 0 aliphatic carbocycles. The number of hydrogen-bond acceptors (Lipinski definition) is 3. The molecule has 0 aliphatic heterocycles. The molecule has 0 bridgehead atoms. The van der Waals surface area contributed by atoms with Crippen LogP contribution >= 0.6 is 0 Å². The Morgan fingerprint density at radius 1 is 1.00 bits per heavy atom. The molecule has 0 aromatic carbocycles. The zero-order valence-corrected chi connectivity index (χ0v) is 5.35. The first-order valence-corrected chi connectivity index (χ1v) is 2.79. The fourth-order valence-electron chi connectivity index (χ4n) is 0.250. The van der Waals surface area contributed by atoms with Crippen LogP contribution in [0.15, 0.2) is 0 Å². The minimum atomic E-state index is -0.0417. The third kappa shape index (κ3) is 3.91. The summed E-state index contributed by atoms with van der Waals surface area (Å²) in [5.74, 6) is 0. The van der Waals surface area contributed by atoms with E-state index in [1.807, 2.05) is 6.92 Å². The second kappa shape index (κ2) is 5.23. The van der Waals surface area contributed by atoms with Crippen LogP contribution in [0.25, 0.3) is 0 Å². The van der Waals surface area contributed by atoms with Gasteiger partial charge < -0.3 is 17.2 Å². The minimum absolute atomic E-state index is 0. The van der Waals surface area contributed by atoms with E-state index >= 15 is 0 Å². The Morgan fingerprint density at radius 3 is 1.22 bits per heavy atom. The molecule has 0 aromatic rings. The second-order valence-electron chi connectivity index (χ2n) is 2.42. The van der Waals surface area contributed by atoms with E-state index in [4.69, 9.17) is 17.2 Å². The van der Waals surface area contributed by atoms with E-state index in [2.05, 4.69) is 0 Å². The van der Waals surface area contributed by atoms with Crippen molar-refractivity contribution in [3.8, 4) is 0 Å². The molecule has 0 aliphatic rings. The van der Waals surface area contributed by atoms with Crippen molar-refractivity contribution in [1.82, 2.24) is 0 Å². The van der Waals surface area contributed by atoms with Gasteiger partial charge in [0.2, 0.25) is 0 Å². The molecular formula is C5H19GeN3. The van der Waals surface area contributed by atoms with Crippen LogP contribution in [0, 0.1) is 5.41 Å².